The maximum Gasteiger partial charge on any atom is 0.331 e. The number of carbonyl (C=O) groups is 1. The minimum absolute atomic E-state index is 0.153. The monoisotopic (exact) mass is 343 g/mol. The standard InChI is InChI=1S/C18H18FN3O3/c1-18(2,17(23)24)22-15-5-4-14(8-12(15)10-21-22)25-16-6-3-13(19)7-11(16)9-20/h3-8,10H,9,20H2,1-2H3,(H,23,24). The highest BCUT2D eigenvalue weighted by Gasteiger charge is 2.31. The molecule has 2 aromatic carbocycles. The molecule has 3 N–H and O–H groups in total. The third-order valence-corrected chi connectivity index (χ3v) is 4.06. The number of nitrogens with zero attached hydrogens (tertiary/aromatic N) is 2. The fourth-order valence-electron chi connectivity index (χ4n) is 2.54. The molecule has 0 aliphatic heterocycles. The molecule has 0 aliphatic rings. The first-order valence-electron chi connectivity index (χ1n) is 7.71. The van der Waals surface area contributed by atoms with Crippen molar-refractivity contribution >= 4 is 16.9 Å². The van der Waals surface area contributed by atoms with Crippen LogP contribution in [0.3, 0.4) is 0 Å². The zero-order chi connectivity index (χ0) is 18.2. The number of rotatable bonds is 5. The highest BCUT2D eigenvalue weighted by molar-refractivity contribution is 5.84. The number of hydrogen-bond acceptors (Lipinski definition) is 4. The third kappa shape index (κ3) is 3.06. The van der Waals surface area contributed by atoms with E-state index < -0.39 is 11.5 Å². The predicted octanol–water partition coefficient (Wildman–Crippen LogP) is 3.25. The SMILES string of the molecule is CC(C)(C(=O)O)n1ncc2cc(Oc3ccc(F)cc3CN)ccc21. The molecule has 0 saturated carbocycles. The molecule has 1 heterocycles. The maximum absolute atomic E-state index is 13.3. The van der Waals surface area contributed by atoms with E-state index in [-0.39, 0.29) is 12.4 Å². The zero-order valence-electron chi connectivity index (χ0n) is 13.9. The van der Waals surface area contributed by atoms with E-state index in [1.165, 1.54) is 22.9 Å². The summed E-state index contributed by atoms with van der Waals surface area (Å²) in [6.07, 6.45) is 1.58. The molecular formula is C18H18FN3O3. The first-order valence-corrected chi connectivity index (χ1v) is 7.71. The maximum atomic E-state index is 13.3. The lowest BCUT2D eigenvalue weighted by molar-refractivity contribution is -0.146. The number of hydrogen-bond donors (Lipinski definition) is 2. The van der Waals surface area contributed by atoms with Gasteiger partial charge in [0.2, 0.25) is 0 Å². The Morgan fingerprint density at radius 2 is 2.08 bits per heavy atom. The van der Waals surface area contributed by atoms with E-state index in [4.69, 9.17) is 10.5 Å². The minimum Gasteiger partial charge on any atom is -0.479 e. The van der Waals surface area contributed by atoms with Crippen molar-refractivity contribution in [1.29, 1.82) is 0 Å². The van der Waals surface area contributed by atoms with Gasteiger partial charge in [0.1, 0.15) is 17.3 Å². The molecule has 25 heavy (non-hydrogen) atoms. The average Bonchev–Trinajstić information content (AvgIpc) is 3.00. The van der Waals surface area contributed by atoms with E-state index >= 15 is 0 Å². The minimum atomic E-state index is -1.17. The molecule has 0 atom stereocenters. The molecule has 0 aliphatic carbocycles. The fourth-order valence-corrected chi connectivity index (χ4v) is 2.54. The van der Waals surface area contributed by atoms with Crippen molar-refractivity contribution in [3.63, 3.8) is 0 Å². The molecular weight excluding hydrogens is 325 g/mol. The van der Waals surface area contributed by atoms with Crippen LogP contribution in [-0.2, 0) is 16.9 Å². The van der Waals surface area contributed by atoms with Crippen molar-refractivity contribution in [3.05, 3.63) is 54.0 Å². The zero-order valence-corrected chi connectivity index (χ0v) is 13.9. The molecule has 6 nitrogen and oxygen atoms in total. The number of halogens is 1. The number of carboxylic acids is 1. The number of aromatic nitrogens is 2. The largest absolute Gasteiger partial charge is 0.479 e. The van der Waals surface area contributed by atoms with Crippen molar-refractivity contribution in [2.75, 3.05) is 0 Å². The van der Waals surface area contributed by atoms with E-state index in [1.54, 1.807) is 38.2 Å². The van der Waals surface area contributed by atoms with Crippen LogP contribution < -0.4 is 10.5 Å². The van der Waals surface area contributed by atoms with Crippen LogP contribution >= 0.6 is 0 Å². The Bertz CT molecular complexity index is 950. The molecule has 0 unspecified atom stereocenters. The van der Waals surface area contributed by atoms with Gasteiger partial charge in [0.25, 0.3) is 0 Å². The van der Waals surface area contributed by atoms with Crippen molar-refractivity contribution in [3.8, 4) is 11.5 Å². The van der Waals surface area contributed by atoms with Crippen LogP contribution in [0.4, 0.5) is 4.39 Å². The van der Waals surface area contributed by atoms with Gasteiger partial charge in [-0.3, -0.25) is 0 Å². The molecule has 130 valence electrons. The lowest BCUT2D eigenvalue weighted by atomic mass is 10.1. The Kier molecular flexibility index (Phi) is 4.18. The van der Waals surface area contributed by atoms with Crippen LogP contribution in [0.2, 0.25) is 0 Å². The Balaban J connectivity index is 1.97. The highest BCUT2D eigenvalue weighted by Crippen LogP contribution is 2.30. The van der Waals surface area contributed by atoms with Gasteiger partial charge in [0.05, 0.1) is 11.7 Å². The Hall–Kier alpha value is -2.93. The number of fused-ring (bicyclic) bond motifs is 1. The van der Waals surface area contributed by atoms with E-state index in [1.807, 2.05) is 0 Å². The van der Waals surface area contributed by atoms with E-state index in [9.17, 15) is 14.3 Å². The molecule has 7 heteroatoms. The van der Waals surface area contributed by atoms with E-state index in [0.717, 1.165) is 5.39 Å². The number of nitrogens with two attached hydrogens (primary N) is 1. The fraction of sp³-hybridized carbons (Fsp3) is 0.222. The van der Waals surface area contributed by atoms with Crippen LogP contribution in [0.1, 0.15) is 19.4 Å². The van der Waals surface area contributed by atoms with E-state index in [0.29, 0.717) is 22.6 Å². The second-order valence-corrected chi connectivity index (χ2v) is 6.20. The number of carboxylic acid groups (broad SMARTS) is 1. The summed E-state index contributed by atoms with van der Waals surface area (Å²) in [5.41, 5.74) is 5.69. The van der Waals surface area contributed by atoms with Gasteiger partial charge >= 0.3 is 5.97 Å². The summed E-state index contributed by atoms with van der Waals surface area (Å²) in [5, 5.41) is 14.3. The first-order chi connectivity index (χ1) is 11.8. The smallest absolute Gasteiger partial charge is 0.331 e. The van der Waals surface area contributed by atoms with Gasteiger partial charge in [-0.05, 0) is 50.2 Å². The van der Waals surface area contributed by atoms with Crippen molar-refractivity contribution in [2.45, 2.75) is 25.9 Å². The number of benzene rings is 2. The molecule has 3 aromatic rings. The van der Waals surface area contributed by atoms with Crippen LogP contribution in [0.15, 0.2) is 42.6 Å². The van der Waals surface area contributed by atoms with Gasteiger partial charge in [-0.2, -0.15) is 5.10 Å². The summed E-state index contributed by atoms with van der Waals surface area (Å²) in [7, 11) is 0. The molecule has 0 amide bonds. The number of aliphatic carboxylic acids is 1. The molecule has 0 spiro atoms. The van der Waals surface area contributed by atoms with Crippen molar-refractivity contribution < 1.29 is 19.0 Å². The van der Waals surface area contributed by atoms with Gasteiger partial charge in [-0.1, -0.05) is 0 Å². The Labute approximate surface area is 143 Å². The van der Waals surface area contributed by atoms with Gasteiger partial charge in [-0.15, -0.1) is 0 Å². The summed E-state index contributed by atoms with van der Waals surface area (Å²) in [5.74, 6) is -0.347. The van der Waals surface area contributed by atoms with Crippen LogP contribution in [0, 0.1) is 5.82 Å². The lowest BCUT2D eigenvalue weighted by Gasteiger charge is -2.21. The first kappa shape index (κ1) is 16.9. The molecule has 0 fully saturated rings. The third-order valence-electron chi connectivity index (χ3n) is 4.06. The van der Waals surface area contributed by atoms with Crippen molar-refractivity contribution in [1.82, 2.24) is 9.78 Å². The molecule has 0 saturated heterocycles. The molecule has 0 radical (unpaired) electrons. The van der Waals surface area contributed by atoms with Gasteiger partial charge in [0, 0.05) is 17.5 Å². The quantitative estimate of drug-likeness (QED) is 0.742. The number of ether oxygens (including phenoxy) is 1. The summed E-state index contributed by atoms with van der Waals surface area (Å²) in [6, 6.07) is 9.37. The molecule has 1 aromatic heterocycles. The Morgan fingerprint density at radius 1 is 1.32 bits per heavy atom. The normalized spacial score (nSPS) is 11.7. The van der Waals surface area contributed by atoms with Crippen LogP contribution in [0.5, 0.6) is 11.5 Å². The topological polar surface area (TPSA) is 90.4 Å². The highest BCUT2D eigenvalue weighted by atomic mass is 19.1. The lowest BCUT2D eigenvalue weighted by Crippen LogP contribution is -2.36. The Morgan fingerprint density at radius 3 is 2.76 bits per heavy atom. The second kappa shape index (κ2) is 6.18. The van der Waals surface area contributed by atoms with Gasteiger partial charge in [0.15, 0.2) is 5.54 Å². The average molecular weight is 343 g/mol. The summed E-state index contributed by atoms with van der Waals surface area (Å²) < 4.78 is 20.6. The second-order valence-electron chi connectivity index (χ2n) is 6.20. The summed E-state index contributed by atoms with van der Waals surface area (Å²) in [6.45, 7) is 3.32. The van der Waals surface area contributed by atoms with Crippen LogP contribution in [-0.4, -0.2) is 20.9 Å². The summed E-state index contributed by atoms with van der Waals surface area (Å²) >= 11 is 0. The van der Waals surface area contributed by atoms with Gasteiger partial charge < -0.3 is 15.6 Å². The van der Waals surface area contributed by atoms with E-state index in [2.05, 4.69) is 5.10 Å². The molecule has 3 rings (SSSR count). The summed E-state index contributed by atoms with van der Waals surface area (Å²) in [4.78, 5) is 11.4. The van der Waals surface area contributed by atoms with Crippen LogP contribution in [0.25, 0.3) is 10.9 Å². The molecule has 0 bridgehead atoms. The predicted molar refractivity (Wildman–Crippen MR) is 91.1 cm³/mol. The van der Waals surface area contributed by atoms with Crippen molar-refractivity contribution in [2.24, 2.45) is 5.73 Å². The van der Waals surface area contributed by atoms with Gasteiger partial charge in [-0.25, -0.2) is 13.9 Å².